The van der Waals surface area contributed by atoms with Gasteiger partial charge in [0.05, 0.1) is 12.7 Å². The summed E-state index contributed by atoms with van der Waals surface area (Å²) in [5.74, 6) is -0.0538. The van der Waals surface area contributed by atoms with Gasteiger partial charge in [-0.05, 0) is 39.7 Å². The molecule has 8 nitrogen and oxygen atoms in total. The van der Waals surface area contributed by atoms with E-state index in [1.807, 2.05) is 25.7 Å². The molecule has 3 atom stereocenters. The lowest BCUT2D eigenvalue weighted by molar-refractivity contribution is -0.0757. The second kappa shape index (κ2) is 8.36. The molecule has 29 heavy (non-hydrogen) atoms. The number of halogens is 1. The Balaban J connectivity index is 1.68. The van der Waals surface area contributed by atoms with E-state index in [0.29, 0.717) is 24.3 Å². The van der Waals surface area contributed by atoms with Crippen LogP contribution in [-0.2, 0) is 9.57 Å². The van der Waals surface area contributed by atoms with E-state index in [1.54, 1.807) is 6.07 Å². The molecule has 160 valence electrons. The lowest BCUT2D eigenvalue weighted by atomic mass is 10.00. The summed E-state index contributed by atoms with van der Waals surface area (Å²) in [4.78, 5) is 35.9. The van der Waals surface area contributed by atoms with Crippen molar-refractivity contribution < 1.29 is 23.9 Å². The largest absolute Gasteiger partial charge is 0.474 e. The van der Waals surface area contributed by atoms with Crippen molar-refractivity contribution in [2.75, 3.05) is 14.2 Å². The third kappa shape index (κ3) is 5.11. The minimum Gasteiger partial charge on any atom is -0.474 e. The summed E-state index contributed by atoms with van der Waals surface area (Å²) in [5, 5.41) is 1.28. The zero-order valence-electron chi connectivity index (χ0n) is 17.5. The van der Waals surface area contributed by atoms with Crippen molar-refractivity contribution >= 4 is 23.6 Å². The van der Waals surface area contributed by atoms with Crippen LogP contribution in [0.3, 0.4) is 0 Å². The molecule has 0 aliphatic carbocycles. The standard InChI is InChI=1S/C20H28ClN3O5/c1-20(2,3)29-19(26)24-13-6-7-14(24)11-15(10-13)28-17-9-12(8-16(21)22-17)18(25)23(4)27-5/h8-9,13-15H,6-7,10-11H2,1-5H3/t13-,14+,15?. The maximum Gasteiger partial charge on any atom is 0.410 e. The van der Waals surface area contributed by atoms with Gasteiger partial charge in [-0.1, -0.05) is 11.6 Å². The van der Waals surface area contributed by atoms with E-state index in [4.69, 9.17) is 25.9 Å². The van der Waals surface area contributed by atoms with Crippen molar-refractivity contribution in [3.8, 4) is 5.88 Å². The van der Waals surface area contributed by atoms with E-state index in [2.05, 4.69) is 4.98 Å². The normalized spacial score (nSPS) is 23.7. The molecule has 3 heterocycles. The molecule has 2 aliphatic rings. The minimum atomic E-state index is -0.521. The summed E-state index contributed by atoms with van der Waals surface area (Å²) in [6, 6.07) is 3.19. The molecule has 0 aromatic carbocycles. The molecule has 0 N–H and O–H groups in total. The number of fused-ring (bicyclic) bond motifs is 2. The molecule has 2 bridgehead atoms. The summed E-state index contributed by atoms with van der Waals surface area (Å²) in [7, 11) is 2.92. The molecule has 3 rings (SSSR count). The predicted octanol–water partition coefficient (Wildman–Crippen LogP) is 3.68. The van der Waals surface area contributed by atoms with Crippen molar-refractivity contribution in [1.82, 2.24) is 14.9 Å². The molecule has 9 heteroatoms. The second-order valence-electron chi connectivity index (χ2n) is 8.49. The number of hydroxylamine groups is 2. The van der Waals surface area contributed by atoms with Crippen LogP contribution < -0.4 is 4.74 Å². The fourth-order valence-corrected chi connectivity index (χ4v) is 4.13. The highest BCUT2D eigenvalue weighted by Gasteiger charge is 2.45. The van der Waals surface area contributed by atoms with Crippen LogP contribution in [0.2, 0.25) is 5.15 Å². The number of carbonyl (C=O) groups is 2. The number of piperidine rings is 1. The number of hydrogen-bond acceptors (Lipinski definition) is 6. The first kappa shape index (κ1) is 21.6. The molecule has 2 amide bonds. The van der Waals surface area contributed by atoms with Gasteiger partial charge in [0.1, 0.15) is 16.9 Å². The average Bonchev–Trinajstić information content (AvgIpc) is 2.89. The molecule has 0 saturated carbocycles. The average molecular weight is 426 g/mol. The van der Waals surface area contributed by atoms with E-state index in [1.165, 1.54) is 20.2 Å². The third-order valence-electron chi connectivity index (χ3n) is 5.16. The number of pyridine rings is 1. The van der Waals surface area contributed by atoms with Gasteiger partial charge in [0, 0.05) is 38.0 Å². The fourth-order valence-electron chi connectivity index (χ4n) is 3.93. The highest BCUT2D eigenvalue weighted by molar-refractivity contribution is 6.29. The van der Waals surface area contributed by atoms with Gasteiger partial charge in [0.15, 0.2) is 0 Å². The van der Waals surface area contributed by atoms with Crippen molar-refractivity contribution in [3.63, 3.8) is 0 Å². The van der Waals surface area contributed by atoms with E-state index in [9.17, 15) is 9.59 Å². The number of ether oxygens (including phenoxy) is 2. The molecule has 1 unspecified atom stereocenters. The van der Waals surface area contributed by atoms with Crippen LogP contribution >= 0.6 is 11.6 Å². The number of carbonyl (C=O) groups excluding carboxylic acids is 2. The molecule has 2 aliphatic heterocycles. The summed E-state index contributed by atoms with van der Waals surface area (Å²) < 4.78 is 11.6. The van der Waals surface area contributed by atoms with Crippen LogP contribution in [0.5, 0.6) is 5.88 Å². The Morgan fingerprint density at radius 1 is 1.21 bits per heavy atom. The van der Waals surface area contributed by atoms with Gasteiger partial charge >= 0.3 is 6.09 Å². The summed E-state index contributed by atoms with van der Waals surface area (Å²) in [5.41, 5.74) is -0.189. The molecule has 2 saturated heterocycles. The number of rotatable bonds is 4. The number of nitrogens with zero attached hydrogens (tertiary/aromatic N) is 3. The zero-order valence-corrected chi connectivity index (χ0v) is 18.2. The molecule has 1 aromatic rings. The summed E-state index contributed by atoms with van der Waals surface area (Å²) in [6.07, 6.45) is 2.85. The Morgan fingerprint density at radius 2 is 1.83 bits per heavy atom. The molecule has 2 fully saturated rings. The lowest BCUT2D eigenvalue weighted by Crippen LogP contribution is -2.50. The van der Waals surface area contributed by atoms with E-state index in [0.717, 1.165) is 17.9 Å². The SMILES string of the molecule is CON(C)C(=O)c1cc(Cl)nc(OC2C[C@H]3CC[C@@H](C2)N3C(=O)OC(C)(C)C)c1. The van der Waals surface area contributed by atoms with Gasteiger partial charge in [-0.2, -0.15) is 0 Å². The van der Waals surface area contributed by atoms with Gasteiger partial charge in [-0.3, -0.25) is 9.63 Å². The van der Waals surface area contributed by atoms with Crippen LogP contribution in [0, 0.1) is 0 Å². The van der Waals surface area contributed by atoms with E-state index >= 15 is 0 Å². The lowest BCUT2D eigenvalue weighted by Gasteiger charge is -2.39. The smallest absolute Gasteiger partial charge is 0.410 e. The van der Waals surface area contributed by atoms with Crippen LogP contribution in [0.25, 0.3) is 0 Å². The number of aromatic nitrogens is 1. The third-order valence-corrected chi connectivity index (χ3v) is 5.35. The highest BCUT2D eigenvalue weighted by Crippen LogP contribution is 2.38. The fraction of sp³-hybridized carbons (Fsp3) is 0.650. The Hall–Kier alpha value is -2.06. The Kier molecular flexibility index (Phi) is 6.24. The maximum atomic E-state index is 12.6. The molecule has 0 radical (unpaired) electrons. The molecular weight excluding hydrogens is 398 g/mol. The van der Waals surface area contributed by atoms with Gasteiger partial charge in [-0.15, -0.1) is 0 Å². The highest BCUT2D eigenvalue weighted by atomic mass is 35.5. The van der Waals surface area contributed by atoms with Crippen LogP contribution in [0.1, 0.15) is 56.8 Å². The van der Waals surface area contributed by atoms with Gasteiger partial charge < -0.3 is 14.4 Å². The quantitative estimate of drug-likeness (QED) is 0.540. The first-order valence-electron chi connectivity index (χ1n) is 9.75. The molecule has 1 aromatic heterocycles. The summed E-state index contributed by atoms with van der Waals surface area (Å²) >= 11 is 6.08. The maximum absolute atomic E-state index is 12.6. The first-order valence-corrected chi connectivity index (χ1v) is 10.1. The van der Waals surface area contributed by atoms with Crippen LogP contribution in [-0.4, -0.2) is 64.9 Å². The van der Waals surface area contributed by atoms with Crippen LogP contribution in [0.15, 0.2) is 12.1 Å². The monoisotopic (exact) mass is 425 g/mol. The predicted molar refractivity (Wildman–Crippen MR) is 107 cm³/mol. The van der Waals surface area contributed by atoms with Crippen LogP contribution in [0.4, 0.5) is 4.79 Å². The Morgan fingerprint density at radius 3 is 2.38 bits per heavy atom. The topological polar surface area (TPSA) is 81.2 Å². The molecular formula is C20H28ClN3O5. The molecule has 0 spiro atoms. The number of hydrogen-bond donors (Lipinski definition) is 0. The Bertz CT molecular complexity index is 768. The number of amides is 2. The van der Waals surface area contributed by atoms with E-state index < -0.39 is 5.60 Å². The summed E-state index contributed by atoms with van der Waals surface area (Å²) in [6.45, 7) is 5.61. The van der Waals surface area contributed by atoms with Crippen molar-refractivity contribution in [1.29, 1.82) is 0 Å². The van der Waals surface area contributed by atoms with E-state index in [-0.39, 0.29) is 35.3 Å². The Labute approximate surface area is 176 Å². The second-order valence-corrected chi connectivity index (χ2v) is 8.87. The van der Waals surface area contributed by atoms with Crippen molar-refractivity contribution in [2.24, 2.45) is 0 Å². The van der Waals surface area contributed by atoms with Crippen molar-refractivity contribution in [3.05, 3.63) is 22.8 Å². The first-order chi connectivity index (χ1) is 13.6. The zero-order chi connectivity index (χ0) is 21.3. The van der Waals surface area contributed by atoms with Gasteiger partial charge in [0.25, 0.3) is 5.91 Å². The van der Waals surface area contributed by atoms with Gasteiger partial charge in [0.2, 0.25) is 5.88 Å². The van der Waals surface area contributed by atoms with Gasteiger partial charge in [-0.25, -0.2) is 14.8 Å². The minimum absolute atomic E-state index is 0.0773. The van der Waals surface area contributed by atoms with Crippen molar-refractivity contribution in [2.45, 2.75) is 70.2 Å².